The highest BCUT2D eigenvalue weighted by atomic mass is 35.5. The topological polar surface area (TPSA) is 128 Å². The highest BCUT2D eigenvalue weighted by Gasteiger charge is 2.31. The zero-order valence-electron chi connectivity index (χ0n) is 19.6. The van der Waals surface area contributed by atoms with Crippen LogP contribution in [0.3, 0.4) is 0 Å². The third-order valence-corrected chi connectivity index (χ3v) is 8.37. The lowest BCUT2D eigenvalue weighted by Crippen LogP contribution is -2.22. The Kier molecular flexibility index (Phi) is 7.12. The number of nitrogens with zero attached hydrogens (tertiary/aromatic N) is 3. The number of nitrogens with one attached hydrogen (secondary N) is 1. The maximum absolute atomic E-state index is 13.5. The maximum atomic E-state index is 13.5. The molecule has 0 radical (unpaired) electrons. The molecule has 0 saturated heterocycles. The van der Waals surface area contributed by atoms with Crippen LogP contribution >= 0.6 is 22.9 Å². The molecule has 12 heteroatoms. The molecule has 3 N–H and O–H groups in total. The lowest BCUT2D eigenvalue weighted by Gasteiger charge is -2.19. The summed E-state index contributed by atoms with van der Waals surface area (Å²) in [6.07, 6.45) is 5.22. The Bertz CT molecular complexity index is 1400. The van der Waals surface area contributed by atoms with Gasteiger partial charge in [0.25, 0.3) is 0 Å². The summed E-state index contributed by atoms with van der Waals surface area (Å²) in [5.74, 6) is 0.391. The first-order valence-electron chi connectivity index (χ1n) is 11.5. The van der Waals surface area contributed by atoms with E-state index in [1.165, 1.54) is 35.0 Å². The van der Waals surface area contributed by atoms with Gasteiger partial charge in [-0.25, -0.2) is 15.1 Å². The second-order valence-electron chi connectivity index (χ2n) is 9.32. The summed E-state index contributed by atoms with van der Waals surface area (Å²) >= 11 is 7.59. The molecular weight excluding hydrogens is 522 g/mol. The van der Waals surface area contributed by atoms with Crippen LogP contribution in [-0.2, 0) is 21.0 Å². The summed E-state index contributed by atoms with van der Waals surface area (Å²) in [4.78, 5) is 24.7. The van der Waals surface area contributed by atoms with E-state index in [0.717, 1.165) is 30.0 Å². The molecule has 3 aromatic rings. The van der Waals surface area contributed by atoms with Crippen LogP contribution in [0.15, 0.2) is 42.2 Å². The van der Waals surface area contributed by atoms with E-state index in [1.54, 1.807) is 0 Å². The second kappa shape index (κ2) is 10.2. The van der Waals surface area contributed by atoms with E-state index >= 15 is 0 Å². The molecule has 3 heterocycles. The Labute approximate surface area is 218 Å². The number of nitrogens with two attached hydrogens (primary N) is 1. The average molecular weight is 548 g/mol. The molecule has 1 aliphatic heterocycles. The highest BCUT2D eigenvalue weighted by Crippen LogP contribution is 2.40. The van der Waals surface area contributed by atoms with Crippen LogP contribution in [-0.4, -0.2) is 48.8 Å². The van der Waals surface area contributed by atoms with Crippen LogP contribution in [0.5, 0.6) is 0 Å². The number of benzene rings is 1. The van der Waals surface area contributed by atoms with E-state index in [0.29, 0.717) is 22.7 Å². The minimum absolute atomic E-state index is 0.0369. The van der Waals surface area contributed by atoms with Crippen molar-refractivity contribution < 1.29 is 17.4 Å². The number of carbonyl (C=O) groups excluding carboxylic acids is 1. The van der Waals surface area contributed by atoms with Crippen LogP contribution < -0.4 is 10.5 Å². The molecule has 0 bridgehead atoms. The molecule has 5 rings (SSSR count). The largest absolute Gasteiger partial charge is 0.367 e. The molecule has 1 fully saturated rings. The van der Waals surface area contributed by atoms with E-state index in [-0.39, 0.29) is 30.4 Å². The molecule has 3 atom stereocenters. The predicted octanol–water partition coefficient (Wildman–Crippen LogP) is 3.76. The Hall–Kier alpha value is -2.41. The molecule has 0 spiro atoms. The molecule has 0 amide bonds. The summed E-state index contributed by atoms with van der Waals surface area (Å²) in [6.45, 7) is 0.848. The molecule has 1 unspecified atom stereocenters. The third-order valence-electron chi connectivity index (χ3n) is 6.73. The number of ketones is 1. The number of aromatic nitrogens is 2. The van der Waals surface area contributed by atoms with Gasteiger partial charge in [0.1, 0.15) is 12.1 Å². The van der Waals surface area contributed by atoms with E-state index in [1.807, 2.05) is 23.6 Å². The second-order valence-corrected chi connectivity index (χ2v) is 11.9. The van der Waals surface area contributed by atoms with Gasteiger partial charge in [0.15, 0.2) is 0 Å². The summed E-state index contributed by atoms with van der Waals surface area (Å²) in [6, 6.07) is 8.01. The Morgan fingerprint density at radius 2 is 2.17 bits per heavy atom. The van der Waals surface area contributed by atoms with Crippen molar-refractivity contribution in [2.45, 2.75) is 37.9 Å². The van der Waals surface area contributed by atoms with Gasteiger partial charge in [-0.2, -0.15) is 8.42 Å². The summed E-state index contributed by atoms with van der Waals surface area (Å²) < 4.78 is 26.9. The predicted molar refractivity (Wildman–Crippen MR) is 138 cm³/mol. The molecule has 2 aromatic heterocycles. The number of fused-ring (bicyclic) bond motifs is 1. The zero-order valence-corrected chi connectivity index (χ0v) is 21.9. The zero-order chi connectivity index (χ0) is 25.4. The Morgan fingerprint density at radius 1 is 1.33 bits per heavy atom. The van der Waals surface area contributed by atoms with Gasteiger partial charge < -0.3 is 5.32 Å². The molecule has 36 heavy (non-hydrogen) atoms. The van der Waals surface area contributed by atoms with Crippen molar-refractivity contribution in [1.82, 2.24) is 14.9 Å². The molecule has 1 saturated carbocycles. The number of hydrogen-bond donors (Lipinski definition) is 2. The smallest absolute Gasteiger partial charge is 0.333 e. The third kappa shape index (κ3) is 5.46. The number of anilines is 1. The molecule has 190 valence electrons. The normalized spacial score (nSPS) is 22.0. The van der Waals surface area contributed by atoms with Crippen molar-refractivity contribution in [2.75, 3.05) is 19.0 Å². The minimum Gasteiger partial charge on any atom is -0.367 e. The Balaban J connectivity index is 1.31. The first kappa shape index (κ1) is 25.2. The van der Waals surface area contributed by atoms with Gasteiger partial charge in [-0.15, -0.1) is 11.3 Å². The fourth-order valence-corrected chi connectivity index (χ4v) is 6.57. The first-order chi connectivity index (χ1) is 17.2. The minimum atomic E-state index is -3.96. The van der Waals surface area contributed by atoms with Gasteiger partial charge in [0, 0.05) is 23.8 Å². The van der Waals surface area contributed by atoms with Crippen molar-refractivity contribution in [3.8, 4) is 0 Å². The van der Waals surface area contributed by atoms with E-state index in [4.69, 9.17) is 20.9 Å². The first-order valence-corrected chi connectivity index (χ1v) is 14.3. The van der Waals surface area contributed by atoms with Crippen molar-refractivity contribution in [3.63, 3.8) is 0 Å². The molecule has 1 aliphatic carbocycles. The van der Waals surface area contributed by atoms with Gasteiger partial charge >= 0.3 is 10.3 Å². The van der Waals surface area contributed by atoms with E-state index < -0.39 is 10.3 Å². The van der Waals surface area contributed by atoms with Crippen molar-refractivity contribution >= 4 is 44.8 Å². The van der Waals surface area contributed by atoms with Gasteiger partial charge in [-0.1, -0.05) is 17.7 Å². The van der Waals surface area contributed by atoms with Gasteiger partial charge in [0.05, 0.1) is 23.1 Å². The molecular formula is C24H26ClN5O4S2. The average Bonchev–Trinajstić information content (AvgIpc) is 3.55. The monoisotopic (exact) mass is 547 g/mol. The van der Waals surface area contributed by atoms with Crippen molar-refractivity contribution in [2.24, 2.45) is 11.1 Å². The number of rotatable bonds is 8. The van der Waals surface area contributed by atoms with Crippen molar-refractivity contribution in [3.05, 3.63) is 74.3 Å². The van der Waals surface area contributed by atoms with Crippen molar-refractivity contribution in [1.29, 1.82) is 0 Å². The van der Waals surface area contributed by atoms with Crippen LogP contribution in [0.25, 0.3) is 0 Å². The SMILES string of the molecule is CN1Cc2cc(Cl)ccc2C1c1csc(C(=O)c2cncnc2N[C@H]2CC[C@@H](COS(N)(=O)=O)C2)c1. The fraction of sp³-hybridized carbons (Fsp3) is 0.375. The number of halogens is 1. The van der Waals surface area contributed by atoms with Gasteiger partial charge in [0.2, 0.25) is 5.78 Å². The molecule has 9 nitrogen and oxygen atoms in total. The standard InChI is InChI=1S/C24H26ClN5O4S2/c1-30-10-15-7-17(25)3-5-19(15)22(30)16-8-21(35-12-16)23(31)20-9-27-13-28-24(20)29-18-4-2-14(6-18)11-34-36(26,32)33/h3,5,7-9,12-14,18,22H,2,4,6,10-11H2,1H3,(H2,26,32,33)(H,27,28,29)/t14-,18+,22?/m1/s1. The fourth-order valence-electron chi connectivity index (χ4n) is 5.11. The lowest BCUT2D eigenvalue weighted by molar-refractivity contribution is 0.104. The lowest BCUT2D eigenvalue weighted by atomic mass is 9.99. The summed E-state index contributed by atoms with van der Waals surface area (Å²) in [5, 5.41) is 11.0. The van der Waals surface area contributed by atoms with Crippen LogP contribution in [0.4, 0.5) is 5.82 Å². The quantitative estimate of drug-likeness (QED) is 0.408. The van der Waals surface area contributed by atoms with E-state index in [9.17, 15) is 13.2 Å². The van der Waals surface area contributed by atoms with Gasteiger partial charge in [-0.3, -0.25) is 13.9 Å². The van der Waals surface area contributed by atoms with Crippen LogP contribution in [0, 0.1) is 5.92 Å². The number of thiophene rings is 1. The number of carbonyl (C=O) groups is 1. The summed E-state index contributed by atoms with van der Waals surface area (Å²) in [7, 11) is -1.89. The molecule has 2 aliphatic rings. The summed E-state index contributed by atoms with van der Waals surface area (Å²) in [5.41, 5.74) is 3.86. The highest BCUT2D eigenvalue weighted by molar-refractivity contribution is 7.84. The Morgan fingerprint density at radius 3 is 2.97 bits per heavy atom. The van der Waals surface area contributed by atoms with Crippen LogP contribution in [0.1, 0.15) is 57.2 Å². The number of hydrogen-bond acceptors (Lipinski definition) is 9. The van der Waals surface area contributed by atoms with E-state index in [2.05, 4.69) is 33.3 Å². The molecule has 1 aromatic carbocycles. The maximum Gasteiger partial charge on any atom is 0.333 e. The van der Waals surface area contributed by atoms with Crippen LogP contribution in [0.2, 0.25) is 5.02 Å². The van der Waals surface area contributed by atoms with Gasteiger partial charge in [-0.05, 0) is 72.5 Å².